The molecule has 0 saturated heterocycles. The Labute approximate surface area is 110 Å². The summed E-state index contributed by atoms with van der Waals surface area (Å²) in [7, 11) is 1.46. The number of benzene rings is 1. The second kappa shape index (κ2) is 5.90. The number of alkyl halides is 3. The standard InChI is InChI=1S/C13H19F3N2O/c1-4-12(2,19-3)11(18-17)9-7-5-6-8-10(9)13(14,15)16/h5-8,11,18H,4,17H2,1-3H3. The zero-order valence-electron chi connectivity index (χ0n) is 11.2. The minimum Gasteiger partial charge on any atom is -0.376 e. The van der Waals surface area contributed by atoms with E-state index in [0.29, 0.717) is 6.42 Å². The first-order chi connectivity index (χ1) is 8.80. The lowest BCUT2D eigenvalue weighted by atomic mass is 9.85. The first kappa shape index (κ1) is 15.9. The molecular weight excluding hydrogens is 257 g/mol. The van der Waals surface area contributed by atoms with Gasteiger partial charge >= 0.3 is 6.18 Å². The Morgan fingerprint density at radius 2 is 1.89 bits per heavy atom. The van der Waals surface area contributed by atoms with Crippen molar-refractivity contribution in [2.45, 2.75) is 38.1 Å². The van der Waals surface area contributed by atoms with Gasteiger partial charge in [-0.05, 0) is 25.0 Å². The maximum absolute atomic E-state index is 13.0. The number of ether oxygens (including phenoxy) is 1. The van der Waals surface area contributed by atoms with E-state index >= 15 is 0 Å². The maximum Gasteiger partial charge on any atom is 0.416 e. The highest BCUT2D eigenvalue weighted by atomic mass is 19.4. The number of halogens is 3. The van der Waals surface area contributed by atoms with Gasteiger partial charge in [-0.3, -0.25) is 11.3 Å². The molecule has 108 valence electrons. The van der Waals surface area contributed by atoms with Gasteiger partial charge in [-0.2, -0.15) is 13.2 Å². The highest BCUT2D eigenvalue weighted by Gasteiger charge is 2.40. The smallest absolute Gasteiger partial charge is 0.376 e. The summed E-state index contributed by atoms with van der Waals surface area (Å²) in [6.07, 6.45) is -3.90. The lowest BCUT2D eigenvalue weighted by Gasteiger charge is -2.36. The maximum atomic E-state index is 13.0. The van der Waals surface area contributed by atoms with E-state index in [2.05, 4.69) is 5.43 Å². The molecule has 6 heteroatoms. The molecule has 3 N–H and O–H groups in total. The Morgan fingerprint density at radius 3 is 2.32 bits per heavy atom. The largest absolute Gasteiger partial charge is 0.416 e. The van der Waals surface area contributed by atoms with Crippen molar-refractivity contribution < 1.29 is 17.9 Å². The molecule has 2 atom stereocenters. The fraction of sp³-hybridized carbons (Fsp3) is 0.538. The highest BCUT2D eigenvalue weighted by Crippen LogP contribution is 2.39. The predicted molar refractivity (Wildman–Crippen MR) is 67.2 cm³/mol. The summed E-state index contributed by atoms with van der Waals surface area (Å²) in [5.74, 6) is 5.46. The van der Waals surface area contributed by atoms with Gasteiger partial charge in [-0.25, -0.2) is 0 Å². The van der Waals surface area contributed by atoms with Crippen molar-refractivity contribution in [1.82, 2.24) is 5.43 Å². The molecule has 0 amide bonds. The van der Waals surface area contributed by atoms with Gasteiger partial charge < -0.3 is 4.74 Å². The molecule has 1 aromatic rings. The van der Waals surface area contributed by atoms with E-state index in [1.807, 2.05) is 6.92 Å². The summed E-state index contributed by atoms with van der Waals surface area (Å²) < 4.78 is 44.4. The van der Waals surface area contributed by atoms with Crippen molar-refractivity contribution in [3.05, 3.63) is 35.4 Å². The Bertz CT molecular complexity index is 417. The molecule has 1 rings (SSSR count). The number of hydrazine groups is 1. The molecule has 19 heavy (non-hydrogen) atoms. The quantitative estimate of drug-likeness (QED) is 0.642. The lowest BCUT2D eigenvalue weighted by molar-refractivity contribution is -0.139. The third-order valence-electron chi connectivity index (χ3n) is 3.52. The first-order valence-electron chi connectivity index (χ1n) is 5.97. The highest BCUT2D eigenvalue weighted by molar-refractivity contribution is 5.34. The van der Waals surface area contributed by atoms with E-state index in [-0.39, 0.29) is 5.56 Å². The molecule has 0 saturated carbocycles. The molecule has 0 aromatic heterocycles. The summed E-state index contributed by atoms with van der Waals surface area (Å²) in [4.78, 5) is 0. The number of hydrogen-bond donors (Lipinski definition) is 2. The van der Waals surface area contributed by atoms with Gasteiger partial charge in [0.05, 0.1) is 17.2 Å². The van der Waals surface area contributed by atoms with E-state index < -0.39 is 23.4 Å². The monoisotopic (exact) mass is 276 g/mol. The second-order valence-corrected chi connectivity index (χ2v) is 4.56. The van der Waals surface area contributed by atoms with Gasteiger partial charge in [0.15, 0.2) is 0 Å². The molecule has 1 aromatic carbocycles. The zero-order chi connectivity index (χ0) is 14.7. The van der Waals surface area contributed by atoms with E-state index in [0.717, 1.165) is 6.07 Å². The molecule has 0 radical (unpaired) electrons. The third-order valence-corrected chi connectivity index (χ3v) is 3.52. The van der Waals surface area contributed by atoms with Gasteiger partial charge in [-0.1, -0.05) is 25.1 Å². The molecule has 0 fully saturated rings. The van der Waals surface area contributed by atoms with E-state index in [4.69, 9.17) is 10.6 Å². The van der Waals surface area contributed by atoms with E-state index in [1.165, 1.54) is 19.2 Å². The normalized spacial score (nSPS) is 17.0. The summed E-state index contributed by atoms with van der Waals surface area (Å²) in [5.41, 5.74) is 1.01. The number of methoxy groups -OCH3 is 1. The molecule has 0 spiro atoms. The van der Waals surface area contributed by atoms with Gasteiger partial charge in [0.1, 0.15) is 0 Å². The van der Waals surface area contributed by atoms with Crippen LogP contribution in [0.25, 0.3) is 0 Å². The molecular formula is C13H19F3N2O. The van der Waals surface area contributed by atoms with Crippen molar-refractivity contribution in [3.8, 4) is 0 Å². The van der Waals surface area contributed by atoms with E-state index in [1.54, 1.807) is 13.0 Å². The van der Waals surface area contributed by atoms with Gasteiger partial charge in [0.25, 0.3) is 0 Å². The third kappa shape index (κ3) is 3.26. The number of hydrogen-bond acceptors (Lipinski definition) is 3. The molecule has 3 nitrogen and oxygen atoms in total. The van der Waals surface area contributed by atoms with Crippen molar-refractivity contribution in [1.29, 1.82) is 0 Å². The van der Waals surface area contributed by atoms with Crippen LogP contribution in [0.3, 0.4) is 0 Å². The van der Waals surface area contributed by atoms with Crippen molar-refractivity contribution >= 4 is 0 Å². The van der Waals surface area contributed by atoms with Crippen molar-refractivity contribution in [2.75, 3.05) is 7.11 Å². The Kier molecular flexibility index (Phi) is 4.95. The van der Waals surface area contributed by atoms with Crippen molar-refractivity contribution in [3.63, 3.8) is 0 Å². The molecule has 0 aliphatic rings. The fourth-order valence-electron chi connectivity index (χ4n) is 2.07. The first-order valence-corrected chi connectivity index (χ1v) is 5.97. The molecule has 0 aliphatic carbocycles. The predicted octanol–water partition coefficient (Wildman–Crippen LogP) is 3.02. The molecule has 0 aliphatic heterocycles. The SMILES string of the molecule is CCC(C)(OC)C(NN)c1ccccc1C(F)(F)F. The topological polar surface area (TPSA) is 47.3 Å². The van der Waals surface area contributed by atoms with Crippen LogP contribution in [-0.4, -0.2) is 12.7 Å². The van der Waals surface area contributed by atoms with Crippen LogP contribution in [0.2, 0.25) is 0 Å². The van der Waals surface area contributed by atoms with Crippen LogP contribution < -0.4 is 11.3 Å². The van der Waals surface area contributed by atoms with Gasteiger partial charge in [0.2, 0.25) is 0 Å². The molecule has 0 heterocycles. The van der Waals surface area contributed by atoms with Gasteiger partial charge in [-0.15, -0.1) is 0 Å². The lowest BCUT2D eigenvalue weighted by Crippen LogP contribution is -2.46. The van der Waals surface area contributed by atoms with Crippen molar-refractivity contribution in [2.24, 2.45) is 5.84 Å². The average molecular weight is 276 g/mol. The van der Waals surface area contributed by atoms with Crippen LogP contribution in [0, 0.1) is 0 Å². The van der Waals surface area contributed by atoms with Crippen LogP contribution in [-0.2, 0) is 10.9 Å². The Morgan fingerprint density at radius 1 is 1.32 bits per heavy atom. The Hall–Kier alpha value is -1.11. The zero-order valence-corrected chi connectivity index (χ0v) is 11.2. The van der Waals surface area contributed by atoms with Crippen LogP contribution in [0.4, 0.5) is 13.2 Å². The summed E-state index contributed by atoms with van der Waals surface area (Å²) in [6, 6.07) is 4.63. The average Bonchev–Trinajstić information content (AvgIpc) is 2.38. The fourth-order valence-corrected chi connectivity index (χ4v) is 2.07. The van der Waals surface area contributed by atoms with Crippen LogP contribution in [0.15, 0.2) is 24.3 Å². The number of nitrogens with one attached hydrogen (secondary N) is 1. The number of rotatable bonds is 5. The minimum atomic E-state index is -4.42. The summed E-state index contributed by atoms with van der Waals surface area (Å²) in [5, 5.41) is 0. The minimum absolute atomic E-state index is 0.0868. The molecule has 2 unspecified atom stereocenters. The Balaban J connectivity index is 3.34. The molecule has 0 bridgehead atoms. The van der Waals surface area contributed by atoms with Gasteiger partial charge in [0, 0.05) is 7.11 Å². The number of nitrogens with two attached hydrogens (primary N) is 1. The second-order valence-electron chi connectivity index (χ2n) is 4.56. The van der Waals surface area contributed by atoms with Crippen LogP contribution in [0.1, 0.15) is 37.4 Å². The van der Waals surface area contributed by atoms with Crippen LogP contribution >= 0.6 is 0 Å². The van der Waals surface area contributed by atoms with E-state index in [9.17, 15) is 13.2 Å². The summed E-state index contributed by atoms with van der Waals surface area (Å²) in [6.45, 7) is 3.56. The van der Waals surface area contributed by atoms with Crippen LogP contribution in [0.5, 0.6) is 0 Å². The summed E-state index contributed by atoms with van der Waals surface area (Å²) >= 11 is 0.